The van der Waals surface area contributed by atoms with Gasteiger partial charge in [0, 0.05) is 11.8 Å². The van der Waals surface area contributed by atoms with E-state index < -0.39 is 0 Å². The SMILES string of the molecule is CC1(C)CCOc2ncccc21. The van der Waals surface area contributed by atoms with E-state index in [1.54, 1.807) is 6.20 Å². The zero-order valence-electron chi connectivity index (χ0n) is 7.50. The van der Waals surface area contributed by atoms with Crippen molar-refractivity contribution in [2.45, 2.75) is 25.7 Å². The van der Waals surface area contributed by atoms with Crippen molar-refractivity contribution in [1.82, 2.24) is 4.98 Å². The molecule has 2 nitrogen and oxygen atoms in total. The number of ether oxygens (including phenoxy) is 1. The van der Waals surface area contributed by atoms with Gasteiger partial charge in [-0.25, -0.2) is 4.98 Å². The largest absolute Gasteiger partial charge is 0.477 e. The second kappa shape index (κ2) is 2.47. The fraction of sp³-hybridized carbons (Fsp3) is 0.500. The maximum Gasteiger partial charge on any atom is 0.217 e. The third-order valence-corrected chi connectivity index (χ3v) is 2.47. The molecule has 12 heavy (non-hydrogen) atoms. The van der Waals surface area contributed by atoms with Crippen LogP contribution in [0.3, 0.4) is 0 Å². The van der Waals surface area contributed by atoms with Gasteiger partial charge in [0.2, 0.25) is 5.88 Å². The Morgan fingerprint density at radius 3 is 3.08 bits per heavy atom. The van der Waals surface area contributed by atoms with Crippen LogP contribution in [-0.4, -0.2) is 11.6 Å². The summed E-state index contributed by atoms with van der Waals surface area (Å²) in [5.74, 6) is 0.814. The number of nitrogens with zero attached hydrogens (tertiary/aromatic N) is 1. The molecule has 2 heterocycles. The molecule has 1 aromatic heterocycles. The Hall–Kier alpha value is -1.05. The molecule has 0 amide bonds. The van der Waals surface area contributed by atoms with Gasteiger partial charge in [-0.1, -0.05) is 19.9 Å². The molecule has 2 rings (SSSR count). The summed E-state index contributed by atoms with van der Waals surface area (Å²) in [7, 11) is 0. The first-order valence-corrected chi connectivity index (χ1v) is 4.28. The topological polar surface area (TPSA) is 22.1 Å². The summed E-state index contributed by atoms with van der Waals surface area (Å²) >= 11 is 0. The highest BCUT2D eigenvalue weighted by molar-refractivity contribution is 5.34. The Morgan fingerprint density at radius 2 is 2.33 bits per heavy atom. The summed E-state index contributed by atoms with van der Waals surface area (Å²) in [4.78, 5) is 4.19. The van der Waals surface area contributed by atoms with Gasteiger partial charge in [0.1, 0.15) is 0 Å². The minimum Gasteiger partial charge on any atom is -0.477 e. The second-order valence-electron chi connectivity index (χ2n) is 3.84. The summed E-state index contributed by atoms with van der Waals surface area (Å²) in [6.45, 7) is 5.25. The van der Waals surface area contributed by atoms with E-state index >= 15 is 0 Å². The Morgan fingerprint density at radius 1 is 1.50 bits per heavy atom. The molecule has 1 aliphatic heterocycles. The van der Waals surface area contributed by atoms with Crippen LogP contribution in [0, 0.1) is 0 Å². The van der Waals surface area contributed by atoms with Gasteiger partial charge < -0.3 is 4.74 Å². The van der Waals surface area contributed by atoms with Crippen molar-refractivity contribution in [1.29, 1.82) is 0 Å². The fourth-order valence-corrected chi connectivity index (χ4v) is 1.56. The molecule has 0 saturated heterocycles. The lowest BCUT2D eigenvalue weighted by atomic mass is 9.81. The second-order valence-corrected chi connectivity index (χ2v) is 3.84. The van der Waals surface area contributed by atoms with Gasteiger partial charge >= 0.3 is 0 Å². The van der Waals surface area contributed by atoms with E-state index in [-0.39, 0.29) is 5.41 Å². The number of hydrogen-bond donors (Lipinski definition) is 0. The lowest BCUT2D eigenvalue weighted by Crippen LogP contribution is -2.26. The predicted octanol–water partition coefficient (Wildman–Crippen LogP) is 2.14. The van der Waals surface area contributed by atoms with Crippen LogP contribution in [0.25, 0.3) is 0 Å². The van der Waals surface area contributed by atoms with E-state index in [2.05, 4.69) is 24.9 Å². The van der Waals surface area contributed by atoms with E-state index in [1.807, 2.05) is 6.07 Å². The maximum absolute atomic E-state index is 5.45. The number of pyridine rings is 1. The minimum absolute atomic E-state index is 0.224. The van der Waals surface area contributed by atoms with Crippen molar-refractivity contribution in [2.75, 3.05) is 6.61 Å². The van der Waals surface area contributed by atoms with Gasteiger partial charge in [-0.3, -0.25) is 0 Å². The number of aromatic nitrogens is 1. The van der Waals surface area contributed by atoms with Crippen molar-refractivity contribution in [3.8, 4) is 5.88 Å². The smallest absolute Gasteiger partial charge is 0.217 e. The zero-order valence-corrected chi connectivity index (χ0v) is 7.50. The normalized spacial score (nSPS) is 19.5. The molecule has 0 atom stereocenters. The van der Waals surface area contributed by atoms with Crippen molar-refractivity contribution < 1.29 is 4.74 Å². The van der Waals surface area contributed by atoms with Crippen molar-refractivity contribution in [3.63, 3.8) is 0 Å². The summed E-state index contributed by atoms with van der Waals surface area (Å²) in [5.41, 5.74) is 1.46. The Bertz CT molecular complexity index is 294. The molecule has 0 unspecified atom stereocenters. The average molecular weight is 163 g/mol. The highest BCUT2D eigenvalue weighted by atomic mass is 16.5. The van der Waals surface area contributed by atoms with Crippen LogP contribution < -0.4 is 4.74 Å². The van der Waals surface area contributed by atoms with E-state index in [0.717, 1.165) is 18.9 Å². The third kappa shape index (κ3) is 1.07. The first kappa shape index (κ1) is 7.59. The summed E-state index contributed by atoms with van der Waals surface area (Å²) in [6.07, 6.45) is 2.85. The van der Waals surface area contributed by atoms with Crippen molar-refractivity contribution in [3.05, 3.63) is 23.9 Å². The average Bonchev–Trinajstić information content (AvgIpc) is 2.04. The molecule has 64 valence electrons. The van der Waals surface area contributed by atoms with Crippen LogP contribution in [0.5, 0.6) is 5.88 Å². The molecule has 0 spiro atoms. The highest BCUT2D eigenvalue weighted by Crippen LogP contribution is 2.36. The number of hydrogen-bond acceptors (Lipinski definition) is 2. The summed E-state index contributed by atoms with van der Waals surface area (Å²) in [5, 5.41) is 0. The lowest BCUT2D eigenvalue weighted by Gasteiger charge is -2.31. The quantitative estimate of drug-likeness (QED) is 0.584. The van der Waals surface area contributed by atoms with Gasteiger partial charge in [-0.15, -0.1) is 0 Å². The maximum atomic E-state index is 5.45. The standard InChI is InChI=1S/C10H13NO/c1-10(2)5-7-12-9-8(10)4-3-6-11-9/h3-4,6H,5,7H2,1-2H3. The van der Waals surface area contributed by atoms with Gasteiger partial charge in [0.25, 0.3) is 0 Å². The fourth-order valence-electron chi connectivity index (χ4n) is 1.56. The van der Waals surface area contributed by atoms with Crippen LogP contribution in [0.1, 0.15) is 25.8 Å². The summed E-state index contributed by atoms with van der Waals surface area (Å²) in [6, 6.07) is 4.07. The molecule has 0 radical (unpaired) electrons. The van der Waals surface area contributed by atoms with Crippen LogP contribution in [-0.2, 0) is 5.41 Å². The van der Waals surface area contributed by atoms with Crippen LogP contribution in [0.4, 0.5) is 0 Å². The molecule has 0 aliphatic carbocycles. The lowest BCUT2D eigenvalue weighted by molar-refractivity contribution is 0.224. The summed E-state index contributed by atoms with van der Waals surface area (Å²) < 4.78 is 5.45. The van der Waals surface area contributed by atoms with Crippen LogP contribution in [0.15, 0.2) is 18.3 Å². The van der Waals surface area contributed by atoms with Gasteiger partial charge in [0.15, 0.2) is 0 Å². The van der Waals surface area contributed by atoms with E-state index in [0.29, 0.717) is 0 Å². The van der Waals surface area contributed by atoms with Crippen molar-refractivity contribution in [2.24, 2.45) is 0 Å². The molecule has 1 aromatic rings. The van der Waals surface area contributed by atoms with E-state index in [4.69, 9.17) is 4.74 Å². The molecule has 0 saturated carbocycles. The van der Waals surface area contributed by atoms with Crippen LogP contribution >= 0.6 is 0 Å². The Labute approximate surface area is 72.6 Å². The zero-order chi connectivity index (χ0) is 8.60. The molecule has 0 aromatic carbocycles. The minimum atomic E-state index is 0.224. The Balaban J connectivity index is 2.52. The first-order chi connectivity index (χ1) is 5.70. The van der Waals surface area contributed by atoms with E-state index in [9.17, 15) is 0 Å². The first-order valence-electron chi connectivity index (χ1n) is 4.28. The van der Waals surface area contributed by atoms with Gasteiger partial charge in [0.05, 0.1) is 6.61 Å². The molecule has 1 aliphatic rings. The van der Waals surface area contributed by atoms with Gasteiger partial charge in [-0.05, 0) is 17.9 Å². The Kier molecular flexibility index (Phi) is 1.56. The molecule has 2 heteroatoms. The molecule has 0 fully saturated rings. The molecular formula is C10H13NO. The number of rotatable bonds is 0. The predicted molar refractivity (Wildman–Crippen MR) is 47.4 cm³/mol. The van der Waals surface area contributed by atoms with Crippen LogP contribution in [0.2, 0.25) is 0 Å². The third-order valence-electron chi connectivity index (χ3n) is 2.47. The van der Waals surface area contributed by atoms with Crippen molar-refractivity contribution >= 4 is 0 Å². The monoisotopic (exact) mass is 163 g/mol. The molecule has 0 N–H and O–H groups in total. The van der Waals surface area contributed by atoms with E-state index in [1.165, 1.54) is 5.56 Å². The van der Waals surface area contributed by atoms with Gasteiger partial charge in [-0.2, -0.15) is 0 Å². The molecular weight excluding hydrogens is 150 g/mol. The number of fused-ring (bicyclic) bond motifs is 1. The highest BCUT2D eigenvalue weighted by Gasteiger charge is 2.28. The molecule has 0 bridgehead atoms.